The van der Waals surface area contributed by atoms with Crippen molar-refractivity contribution < 1.29 is 13.2 Å². The van der Waals surface area contributed by atoms with Crippen LogP contribution in [-0.2, 0) is 14.8 Å². The fourth-order valence-electron chi connectivity index (χ4n) is 2.99. The average Bonchev–Trinajstić information content (AvgIpc) is 2.65. The van der Waals surface area contributed by atoms with Gasteiger partial charge in [0.25, 0.3) is 0 Å². The maximum absolute atomic E-state index is 12.5. The summed E-state index contributed by atoms with van der Waals surface area (Å²) in [6, 6.07) is 13.3. The summed E-state index contributed by atoms with van der Waals surface area (Å²) >= 11 is 0. The molecule has 2 aromatic carbocycles. The highest BCUT2D eigenvalue weighted by atomic mass is 32.2. The van der Waals surface area contributed by atoms with Gasteiger partial charge in [-0.3, -0.25) is 4.90 Å². The highest BCUT2D eigenvalue weighted by Gasteiger charge is 2.15. The number of sulfonamides is 1. The Morgan fingerprint density at radius 2 is 1.62 bits per heavy atom. The summed E-state index contributed by atoms with van der Waals surface area (Å²) in [5.74, 6) is 0. The van der Waals surface area contributed by atoms with E-state index in [0.717, 1.165) is 24.2 Å². The normalized spacial score (nSPS) is 15.9. The Bertz CT molecular complexity index is 842. The molecule has 0 spiro atoms. The number of hydrogen-bond acceptors (Lipinski definition) is 4. The van der Waals surface area contributed by atoms with Crippen LogP contribution in [0.25, 0.3) is 11.1 Å². The summed E-state index contributed by atoms with van der Waals surface area (Å²) in [4.78, 5) is 2.50. The summed E-state index contributed by atoms with van der Waals surface area (Å²) in [5, 5.41) is 0. The number of aryl methyl sites for hydroxylation is 2. The van der Waals surface area contributed by atoms with Gasteiger partial charge in [0.1, 0.15) is 0 Å². The quantitative estimate of drug-likeness (QED) is 0.844. The molecule has 0 bridgehead atoms. The van der Waals surface area contributed by atoms with Crippen LogP contribution in [0.2, 0.25) is 0 Å². The first-order valence-corrected chi connectivity index (χ1v) is 10.4. The van der Waals surface area contributed by atoms with Crippen LogP contribution >= 0.6 is 0 Å². The van der Waals surface area contributed by atoms with Gasteiger partial charge in [-0.1, -0.05) is 30.3 Å². The second-order valence-corrected chi connectivity index (χ2v) is 8.44. The van der Waals surface area contributed by atoms with E-state index in [1.54, 1.807) is 12.1 Å². The van der Waals surface area contributed by atoms with E-state index in [4.69, 9.17) is 4.74 Å². The molecule has 0 amide bonds. The molecule has 0 unspecified atom stereocenters. The zero-order valence-electron chi connectivity index (χ0n) is 15.4. The molecule has 5 nitrogen and oxygen atoms in total. The van der Waals surface area contributed by atoms with E-state index >= 15 is 0 Å². The minimum Gasteiger partial charge on any atom is -0.379 e. The van der Waals surface area contributed by atoms with Crippen molar-refractivity contribution >= 4 is 10.0 Å². The standard InChI is InChI=1S/C20H26N2O3S/c1-16-3-4-19(15-17(16)2)18-5-7-20(8-6-18)26(23,24)21-9-10-22-11-13-25-14-12-22/h3-8,15,21H,9-14H2,1-2H3. The second kappa shape index (κ2) is 8.31. The van der Waals surface area contributed by atoms with Crippen LogP contribution in [0, 0.1) is 13.8 Å². The second-order valence-electron chi connectivity index (χ2n) is 6.68. The van der Waals surface area contributed by atoms with Gasteiger partial charge in [0.15, 0.2) is 0 Å². The monoisotopic (exact) mass is 374 g/mol. The van der Waals surface area contributed by atoms with Crippen LogP contribution < -0.4 is 4.72 Å². The molecular weight excluding hydrogens is 348 g/mol. The Balaban J connectivity index is 1.63. The molecule has 0 aromatic heterocycles. The van der Waals surface area contributed by atoms with Gasteiger partial charge in [-0.25, -0.2) is 13.1 Å². The summed E-state index contributed by atoms with van der Waals surface area (Å²) in [7, 11) is -3.48. The minimum absolute atomic E-state index is 0.298. The summed E-state index contributed by atoms with van der Waals surface area (Å²) in [5.41, 5.74) is 4.58. The molecule has 0 atom stereocenters. The molecule has 1 aliphatic rings. The number of nitrogens with one attached hydrogen (secondary N) is 1. The largest absolute Gasteiger partial charge is 0.379 e. The zero-order chi connectivity index (χ0) is 18.6. The maximum atomic E-state index is 12.5. The first kappa shape index (κ1) is 19.0. The van der Waals surface area contributed by atoms with Crippen molar-refractivity contribution in [3.8, 4) is 11.1 Å². The Labute approximate surface area is 156 Å². The molecule has 6 heteroatoms. The van der Waals surface area contributed by atoms with Crippen LogP contribution in [0.3, 0.4) is 0 Å². The van der Waals surface area contributed by atoms with Gasteiger partial charge in [-0.15, -0.1) is 0 Å². The SMILES string of the molecule is Cc1ccc(-c2ccc(S(=O)(=O)NCCN3CCOCC3)cc2)cc1C. The lowest BCUT2D eigenvalue weighted by Gasteiger charge is -2.26. The van der Waals surface area contributed by atoms with E-state index in [2.05, 4.69) is 41.7 Å². The maximum Gasteiger partial charge on any atom is 0.240 e. The first-order chi connectivity index (χ1) is 12.5. The first-order valence-electron chi connectivity index (χ1n) is 8.93. The molecular formula is C20H26N2O3S. The molecule has 1 heterocycles. The van der Waals surface area contributed by atoms with Gasteiger partial charge in [0, 0.05) is 26.2 Å². The van der Waals surface area contributed by atoms with Gasteiger partial charge in [-0.05, 0) is 48.2 Å². The Morgan fingerprint density at radius 1 is 0.962 bits per heavy atom. The van der Waals surface area contributed by atoms with E-state index in [9.17, 15) is 8.42 Å². The van der Waals surface area contributed by atoms with Gasteiger partial charge in [-0.2, -0.15) is 0 Å². The van der Waals surface area contributed by atoms with Crippen LogP contribution in [0.5, 0.6) is 0 Å². The molecule has 1 N–H and O–H groups in total. The van der Waals surface area contributed by atoms with Crippen LogP contribution in [0.1, 0.15) is 11.1 Å². The van der Waals surface area contributed by atoms with Crippen LogP contribution in [0.15, 0.2) is 47.4 Å². The van der Waals surface area contributed by atoms with Crippen LogP contribution in [-0.4, -0.2) is 52.7 Å². The Morgan fingerprint density at radius 3 is 2.27 bits per heavy atom. The molecule has 26 heavy (non-hydrogen) atoms. The summed E-state index contributed by atoms with van der Waals surface area (Å²) in [6.07, 6.45) is 0. The van der Waals surface area contributed by atoms with Crippen molar-refractivity contribution in [2.45, 2.75) is 18.7 Å². The zero-order valence-corrected chi connectivity index (χ0v) is 16.2. The third-order valence-electron chi connectivity index (χ3n) is 4.83. The minimum atomic E-state index is -3.48. The molecule has 2 aromatic rings. The lowest BCUT2D eigenvalue weighted by molar-refractivity contribution is 0.0390. The molecule has 0 aliphatic carbocycles. The fourth-order valence-corrected chi connectivity index (χ4v) is 4.01. The van der Waals surface area contributed by atoms with E-state index < -0.39 is 10.0 Å². The summed E-state index contributed by atoms with van der Waals surface area (Å²) < 4.78 is 32.9. The number of benzene rings is 2. The van der Waals surface area contributed by atoms with Crippen molar-refractivity contribution in [2.24, 2.45) is 0 Å². The molecule has 3 rings (SSSR count). The molecule has 0 radical (unpaired) electrons. The predicted molar refractivity (Wildman–Crippen MR) is 104 cm³/mol. The topological polar surface area (TPSA) is 58.6 Å². The molecule has 1 fully saturated rings. The summed E-state index contributed by atoms with van der Waals surface area (Å²) in [6.45, 7) is 8.40. The number of nitrogens with zero attached hydrogens (tertiary/aromatic N) is 1. The third kappa shape index (κ3) is 4.71. The van der Waals surface area contributed by atoms with Crippen molar-refractivity contribution in [2.75, 3.05) is 39.4 Å². The molecule has 140 valence electrons. The van der Waals surface area contributed by atoms with Crippen molar-refractivity contribution in [3.05, 3.63) is 53.6 Å². The van der Waals surface area contributed by atoms with Gasteiger partial charge >= 0.3 is 0 Å². The Kier molecular flexibility index (Phi) is 6.09. The number of rotatable bonds is 6. The van der Waals surface area contributed by atoms with Crippen molar-refractivity contribution in [1.82, 2.24) is 9.62 Å². The fraction of sp³-hybridized carbons (Fsp3) is 0.400. The van der Waals surface area contributed by atoms with E-state index in [-0.39, 0.29) is 0 Å². The van der Waals surface area contributed by atoms with Crippen LogP contribution in [0.4, 0.5) is 0 Å². The van der Waals surface area contributed by atoms with Crippen molar-refractivity contribution in [3.63, 3.8) is 0 Å². The van der Waals surface area contributed by atoms with Crippen molar-refractivity contribution in [1.29, 1.82) is 0 Å². The number of ether oxygens (including phenoxy) is 1. The van der Waals surface area contributed by atoms with E-state index in [1.165, 1.54) is 11.1 Å². The number of morpholine rings is 1. The molecule has 0 saturated carbocycles. The predicted octanol–water partition coefficient (Wildman–Crippen LogP) is 2.58. The van der Waals surface area contributed by atoms with Gasteiger partial charge in [0.05, 0.1) is 18.1 Å². The lowest BCUT2D eigenvalue weighted by atomic mass is 10.0. The van der Waals surface area contributed by atoms with E-state index in [1.807, 2.05) is 12.1 Å². The van der Waals surface area contributed by atoms with Gasteiger partial charge < -0.3 is 4.74 Å². The number of hydrogen-bond donors (Lipinski definition) is 1. The average molecular weight is 375 g/mol. The van der Waals surface area contributed by atoms with Gasteiger partial charge in [0.2, 0.25) is 10.0 Å². The lowest BCUT2D eigenvalue weighted by Crippen LogP contribution is -2.41. The third-order valence-corrected chi connectivity index (χ3v) is 6.31. The highest BCUT2D eigenvalue weighted by Crippen LogP contribution is 2.23. The highest BCUT2D eigenvalue weighted by molar-refractivity contribution is 7.89. The molecule has 1 aliphatic heterocycles. The Hall–Kier alpha value is -1.73. The smallest absolute Gasteiger partial charge is 0.240 e. The van der Waals surface area contributed by atoms with E-state index in [0.29, 0.717) is 31.2 Å². The molecule has 1 saturated heterocycles.